The van der Waals surface area contributed by atoms with Gasteiger partial charge >= 0.3 is 0 Å². The second kappa shape index (κ2) is 5.47. The Hall–Kier alpha value is -2.75. The van der Waals surface area contributed by atoms with E-state index in [4.69, 9.17) is 0 Å². The van der Waals surface area contributed by atoms with E-state index in [2.05, 4.69) is 10.6 Å². The van der Waals surface area contributed by atoms with Crippen molar-refractivity contribution in [2.45, 2.75) is 25.3 Å². The number of ketones is 1. The molecular weight excluding hydrogens is 288 g/mol. The molecule has 1 heterocycles. The first kappa shape index (κ1) is 13.9. The van der Waals surface area contributed by atoms with E-state index in [0.29, 0.717) is 6.42 Å². The summed E-state index contributed by atoms with van der Waals surface area (Å²) in [6.45, 7) is 0. The lowest BCUT2D eigenvalue weighted by atomic mass is 9.86. The van der Waals surface area contributed by atoms with Gasteiger partial charge in [0.15, 0.2) is 5.78 Å². The fourth-order valence-electron chi connectivity index (χ4n) is 3.39. The average molecular weight is 306 g/mol. The zero-order valence-electron chi connectivity index (χ0n) is 12.7. The molecule has 0 aromatic heterocycles. The molecule has 0 spiro atoms. The van der Waals surface area contributed by atoms with E-state index in [9.17, 15) is 9.90 Å². The Morgan fingerprint density at radius 2 is 1.83 bits per heavy atom. The first-order valence-electron chi connectivity index (χ1n) is 7.90. The molecule has 1 aliphatic heterocycles. The molecule has 0 saturated carbocycles. The van der Waals surface area contributed by atoms with Crippen LogP contribution in [0.5, 0.6) is 5.75 Å². The number of hydrogen-bond acceptors (Lipinski definition) is 4. The van der Waals surface area contributed by atoms with E-state index in [1.807, 2.05) is 36.4 Å². The van der Waals surface area contributed by atoms with Gasteiger partial charge in [0.25, 0.3) is 0 Å². The van der Waals surface area contributed by atoms with Crippen molar-refractivity contribution in [3.05, 3.63) is 65.4 Å². The lowest BCUT2D eigenvalue weighted by Crippen LogP contribution is -2.23. The number of benzene rings is 2. The number of Topliss-reactive ketones (excluding diaryl/α,β-unsaturated/α-hetero) is 1. The van der Waals surface area contributed by atoms with Crippen LogP contribution in [0.15, 0.2) is 59.8 Å². The number of allylic oxidation sites excluding steroid dienone is 1. The summed E-state index contributed by atoms with van der Waals surface area (Å²) in [5.74, 6) is 0.382. The van der Waals surface area contributed by atoms with Gasteiger partial charge in [-0.1, -0.05) is 24.3 Å². The van der Waals surface area contributed by atoms with E-state index >= 15 is 0 Å². The number of para-hydroxylation sites is 2. The van der Waals surface area contributed by atoms with Gasteiger partial charge in [-0.15, -0.1) is 0 Å². The molecule has 0 amide bonds. The molecule has 4 heteroatoms. The first-order valence-corrected chi connectivity index (χ1v) is 7.90. The third kappa shape index (κ3) is 2.46. The third-order valence-electron chi connectivity index (χ3n) is 4.46. The molecule has 0 unspecified atom stereocenters. The number of aromatic hydroxyl groups is 1. The maximum atomic E-state index is 12.6. The predicted octanol–water partition coefficient (Wildman–Crippen LogP) is 3.98. The number of fused-ring (bicyclic) bond motifs is 1. The Morgan fingerprint density at radius 1 is 1.00 bits per heavy atom. The number of hydrogen-bond donors (Lipinski definition) is 3. The maximum Gasteiger partial charge on any atom is 0.163 e. The molecule has 2 aromatic carbocycles. The SMILES string of the molecule is O=C1CCCC2=C1[C@@H](c1cccc(O)c1)Nc1ccccc1N2. The minimum absolute atomic E-state index is 0.174. The smallest absolute Gasteiger partial charge is 0.163 e. The van der Waals surface area contributed by atoms with Gasteiger partial charge < -0.3 is 15.7 Å². The van der Waals surface area contributed by atoms with Gasteiger partial charge in [-0.2, -0.15) is 0 Å². The summed E-state index contributed by atoms with van der Waals surface area (Å²) in [7, 11) is 0. The highest BCUT2D eigenvalue weighted by atomic mass is 16.3. The Balaban J connectivity index is 1.88. The Morgan fingerprint density at radius 3 is 2.65 bits per heavy atom. The second-order valence-corrected chi connectivity index (χ2v) is 6.01. The molecule has 0 bridgehead atoms. The fourth-order valence-corrected chi connectivity index (χ4v) is 3.39. The van der Waals surface area contributed by atoms with Crippen LogP contribution in [-0.4, -0.2) is 10.9 Å². The number of nitrogens with one attached hydrogen (secondary N) is 2. The van der Waals surface area contributed by atoms with Crippen LogP contribution >= 0.6 is 0 Å². The van der Waals surface area contributed by atoms with E-state index in [-0.39, 0.29) is 17.6 Å². The third-order valence-corrected chi connectivity index (χ3v) is 4.46. The summed E-state index contributed by atoms with van der Waals surface area (Å²) in [5.41, 5.74) is 4.62. The number of carbonyl (C=O) groups is 1. The normalized spacial score (nSPS) is 20.0. The molecule has 116 valence electrons. The zero-order chi connectivity index (χ0) is 15.8. The van der Waals surface area contributed by atoms with Crippen molar-refractivity contribution in [1.29, 1.82) is 0 Å². The van der Waals surface area contributed by atoms with Crippen LogP contribution in [0.1, 0.15) is 30.9 Å². The van der Waals surface area contributed by atoms with Crippen molar-refractivity contribution in [2.24, 2.45) is 0 Å². The molecule has 0 saturated heterocycles. The molecule has 0 fully saturated rings. The van der Waals surface area contributed by atoms with Crippen LogP contribution < -0.4 is 10.6 Å². The monoisotopic (exact) mass is 306 g/mol. The van der Waals surface area contributed by atoms with Crippen LogP contribution in [0, 0.1) is 0 Å². The van der Waals surface area contributed by atoms with Gasteiger partial charge in [0.2, 0.25) is 0 Å². The molecule has 4 rings (SSSR count). The number of phenolic OH excluding ortho intramolecular Hbond substituents is 1. The number of anilines is 2. The zero-order valence-corrected chi connectivity index (χ0v) is 12.7. The molecule has 3 N–H and O–H groups in total. The van der Waals surface area contributed by atoms with Crippen LogP contribution in [0.4, 0.5) is 11.4 Å². The molecular formula is C19H18N2O2. The number of rotatable bonds is 1. The minimum atomic E-state index is -0.249. The lowest BCUT2D eigenvalue weighted by Gasteiger charge is -2.25. The molecule has 4 nitrogen and oxygen atoms in total. The van der Waals surface area contributed by atoms with Crippen molar-refractivity contribution in [3.63, 3.8) is 0 Å². The highest BCUT2D eigenvalue weighted by Gasteiger charge is 2.31. The standard InChI is InChI=1S/C19H18N2O2/c22-13-6-3-5-12(11-13)19-18-16(9-4-10-17(18)23)20-14-7-1-2-8-15(14)21-19/h1-3,5-8,11,19-22H,4,9-10H2/t19-/m1/s1. The molecule has 0 radical (unpaired) electrons. The average Bonchev–Trinajstić information content (AvgIpc) is 2.72. The lowest BCUT2D eigenvalue weighted by molar-refractivity contribution is -0.116. The van der Waals surface area contributed by atoms with Crippen molar-refractivity contribution < 1.29 is 9.90 Å². The van der Waals surface area contributed by atoms with E-state index in [1.54, 1.807) is 12.1 Å². The molecule has 1 aliphatic carbocycles. The topological polar surface area (TPSA) is 61.4 Å². The Bertz CT molecular complexity index is 811. The van der Waals surface area contributed by atoms with E-state index < -0.39 is 0 Å². The van der Waals surface area contributed by atoms with E-state index in [1.165, 1.54) is 0 Å². The van der Waals surface area contributed by atoms with Gasteiger partial charge in [0.1, 0.15) is 5.75 Å². The predicted molar refractivity (Wildman–Crippen MR) is 90.4 cm³/mol. The van der Waals surface area contributed by atoms with Crippen LogP contribution in [0.25, 0.3) is 0 Å². The molecule has 2 aliphatic rings. The maximum absolute atomic E-state index is 12.6. The van der Waals surface area contributed by atoms with Gasteiger partial charge in [0, 0.05) is 17.7 Å². The van der Waals surface area contributed by atoms with Gasteiger partial charge in [0.05, 0.1) is 17.4 Å². The summed E-state index contributed by atoms with van der Waals surface area (Å²) < 4.78 is 0. The fraction of sp³-hybridized carbons (Fsp3) is 0.211. The van der Waals surface area contributed by atoms with Crippen molar-refractivity contribution in [1.82, 2.24) is 0 Å². The van der Waals surface area contributed by atoms with Gasteiger partial charge in [-0.25, -0.2) is 0 Å². The first-order chi connectivity index (χ1) is 11.2. The highest BCUT2D eigenvalue weighted by Crippen LogP contribution is 2.40. The van der Waals surface area contributed by atoms with Crippen LogP contribution in [0.2, 0.25) is 0 Å². The number of phenols is 1. The highest BCUT2D eigenvalue weighted by molar-refractivity contribution is 6.00. The quantitative estimate of drug-likeness (QED) is 0.746. The second-order valence-electron chi connectivity index (χ2n) is 6.01. The minimum Gasteiger partial charge on any atom is -0.508 e. The molecule has 2 aromatic rings. The van der Waals surface area contributed by atoms with Gasteiger partial charge in [-0.3, -0.25) is 4.79 Å². The summed E-state index contributed by atoms with van der Waals surface area (Å²) in [6, 6.07) is 14.8. The van der Waals surface area contributed by atoms with Crippen LogP contribution in [0.3, 0.4) is 0 Å². The van der Waals surface area contributed by atoms with Crippen molar-refractivity contribution in [3.8, 4) is 5.75 Å². The largest absolute Gasteiger partial charge is 0.508 e. The van der Waals surface area contributed by atoms with Crippen molar-refractivity contribution >= 4 is 17.2 Å². The van der Waals surface area contributed by atoms with Crippen LogP contribution in [-0.2, 0) is 4.79 Å². The summed E-state index contributed by atoms with van der Waals surface area (Å²) in [6.07, 6.45) is 2.32. The molecule has 1 atom stereocenters. The van der Waals surface area contributed by atoms with Crippen molar-refractivity contribution in [2.75, 3.05) is 10.6 Å². The number of carbonyl (C=O) groups excluding carboxylic acids is 1. The molecule has 23 heavy (non-hydrogen) atoms. The van der Waals surface area contributed by atoms with E-state index in [0.717, 1.165) is 41.1 Å². The Labute approximate surface area is 134 Å². The van der Waals surface area contributed by atoms with Gasteiger partial charge in [-0.05, 0) is 42.7 Å². The summed E-state index contributed by atoms with van der Waals surface area (Å²) >= 11 is 0. The summed E-state index contributed by atoms with van der Waals surface area (Å²) in [4.78, 5) is 12.6. The Kier molecular flexibility index (Phi) is 3.30. The summed E-state index contributed by atoms with van der Waals surface area (Å²) in [5, 5.41) is 16.7.